The molecule has 0 fully saturated rings. The third-order valence-corrected chi connectivity index (χ3v) is 6.65. The molecule has 15 heteroatoms. The summed E-state index contributed by atoms with van der Waals surface area (Å²) >= 11 is 0.574. The van der Waals surface area contributed by atoms with Crippen LogP contribution >= 0.6 is 11.3 Å². The van der Waals surface area contributed by atoms with Gasteiger partial charge in [-0.2, -0.15) is 0 Å². The van der Waals surface area contributed by atoms with Crippen LogP contribution in [0.4, 0.5) is 10.8 Å². The van der Waals surface area contributed by atoms with Gasteiger partial charge in [-0.25, -0.2) is 26.7 Å². The smallest absolute Gasteiger partial charge is 0.267 e. The number of aromatic nitrogens is 2. The second kappa shape index (κ2) is 8.70. The Bertz CT molecular complexity index is 1080. The summed E-state index contributed by atoms with van der Waals surface area (Å²) in [5.41, 5.74) is 0.446. The van der Waals surface area contributed by atoms with E-state index in [1.807, 2.05) is 0 Å². The second-order valence-electron chi connectivity index (χ2n) is 5.32. The Labute approximate surface area is 164 Å². The van der Waals surface area contributed by atoms with Gasteiger partial charge in [-0.15, -0.1) is 10.2 Å². The van der Waals surface area contributed by atoms with Crippen LogP contribution in [0.25, 0.3) is 0 Å². The van der Waals surface area contributed by atoms with Crippen molar-refractivity contribution >= 4 is 54.0 Å². The van der Waals surface area contributed by atoms with Gasteiger partial charge in [0.1, 0.15) is 0 Å². The molecule has 5 N–H and O–H groups in total. The third kappa shape index (κ3) is 6.31. The zero-order chi connectivity index (χ0) is 20.9. The number of nitrogens with one attached hydrogen (secondary N) is 3. The molecule has 1 aromatic carbocycles. The molecule has 0 aliphatic rings. The maximum Gasteiger partial charge on any atom is 0.267 e. The third-order valence-electron chi connectivity index (χ3n) is 3.03. The zero-order valence-electron chi connectivity index (χ0n) is 14.4. The Hall–Kier alpha value is -2.46. The molecular formula is C13H16N6O6S3. The van der Waals surface area contributed by atoms with Crippen molar-refractivity contribution in [2.45, 2.75) is 22.6 Å². The number of carbonyl (C=O) groups is 2. The number of rotatable bonds is 8. The highest BCUT2D eigenvalue weighted by molar-refractivity contribution is 7.91. The van der Waals surface area contributed by atoms with Gasteiger partial charge in [-0.05, 0) is 24.3 Å². The highest BCUT2D eigenvalue weighted by Gasteiger charge is 2.17. The molecule has 0 bridgehead atoms. The molecule has 0 aliphatic carbocycles. The monoisotopic (exact) mass is 448 g/mol. The molecular weight excluding hydrogens is 432 g/mol. The van der Waals surface area contributed by atoms with E-state index in [0.717, 1.165) is 0 Å². The van der Waals surface area contributed by atoms with E-state index >= 15 is 0 Å². The van der Waals surface area contributed by atoms with Gasteiger partial charge < -0.3 is 10.6 Å². The number of amides is 2. The fraction of sp³-hybridized carbons (Fsp3) is 0.231. The molecule has 0 aliphatic heterocycles. The Morgan fingerprint density at radius 1 is 1.07 bits per heavy atom. The lowest BCUT2D eigenvalue weighted by atomic mass is 10.3. The number of anilines is 2. The van der Waals surface area contributed by atoms with Crippen molar-refractivity contribution in [1.82, 2.24) is 14.9 Å². The molecule has 28 heavy (non-hydrogen) atoms. The maximum atomic E-state index is 12.2. The quantitative estimate of drug-likeness (QED) is 0.387. The number of hydrogen-bond donors (Lipinski definition) is 4. The van der Waals surface area contributed by atoms with Crippen LogP contribution in [0.5, 0.6) is 0 Å². The predicted molar refractivity (Wildman–Crippen MR) is 100 cm³/mol. The molecule has 12 nitrogen and oxygen atoms in total. The number of nitrogens with zero attached hydrogens (tertiary/aromatic N) is 2. The van der Waals surface area contributed by atoms with Gasteiger partial charge in [0.2, 0.25) is 31.3 Å². The van der Waals surface area contributed by atoms with Crippen molar-refractivity contribution in [3.63, 3.8) is 0 Å². The number of hydrogen-bond acceptors (Lipinski definition) is 9. The van der Waals surface area contributed by atoms with Gasteiger partial charge in [0.05, 0.1) is 4.90 Å². The first-order valence-corrected chi connectivity index (χ1v) is 11.4. The lowest BCUT2D eigenvalue weighted by Gasteiger charge is -2.08. The minimum absolute atomic E-state index is 0.0380. The van der Waals surface area contributed by atoms with Crippen LogP contribution in [-0.2, 0) is 29.6 Å². The molecule has 2 rings (SSSR count). The van der Waals surface area contributed by atoms with Gasteiger partial charge in [0, 0.05) is 25.6 Å². The summed E-state index contributed by atoms with van der Waals surface area (Å²) in [5, 5.41) is 16.4. The topological polar surface area (TPSA) is 190 Å². The van der Waals surface area contributed by atoms with E-state index in [1.54, 1.807) is 0 Å². The molecule has 0 saturated carbocycles. The summed E-state index contributed by atoms with van der Waals surface area (Å²) in [7, 11) is -7.87. The van der Waals surface area contributed by atoms with E-state index in [0.29, 0.717) is 17.0 Å². The number of nitrogens with two attached hydrogens (primary N) is 1. The van der Waals surface area contributed by atoms with E-state index in [4.69, 9.17) is 5.14 Å². The molecule has 0 spiro atoms. The van der Waals surface area contributed by atoms with Gasteiger partial charge in [-0.1, -0.05) is 11.3 Å². The Kier molecular flexibility index (Phi) is 6.78. The fourth-order valence-electron chi connectivity index (χ4n) is 1.86. The molecule has 1 aromatic heterocycles. The molecule has 0 unspecified atom stereocenters. The number of carbonyl (C=O) groups excluding carboxylic acids is 2. The van der Waals surface area contributed by atoms with Gasteiger partial charge in [0.15, 0.2) is 0 Å². The van der Waals surface area contributed by atoms with Crippen LogP contribution in [0.15, 0.2) is 33.5 Å². The predicted octanol–water partition coefficient (Wildman–Crippen LogP) is -0.549. The summed E-state index contributed by atoms with van der Waals surface area (Å²) < 4.78 is 48.4. The van der Waals surface area contributed by atoms with Crippen molar-refractivity contribution in [3.05, 3.63) is 24.3 Å². The summed E-state index contributed by atoms with van der Waals surface area (Å²) in [6, 6.07) is 5.48. The first-order valence-electron chi connectivity index (χ1n) is 7.51. The van der Waals surface area contributed by atoms with Crippen molar-refractivity contribution in [2.75, 3.05) is 17.2 Å². The lowest BCUT2D eigenvalue weighted by molar-refractivity contribution is -0.116. The first-order chi connectivity index (χ1) is 13.0. The Morgan fingerprint density at radius 2 is 1.71 bits per heavy atom. The van der Waals surface area contributed by atoms with Crippen LogP contribution in [0, 0.1) is 0 Å². The summed E-state index contributed by atoms with van der Waals surface area (Å²) in [6.45, 7) is 1.12. The van der Waals surface area contributed by atoms with Crippen LogP contribution in [0.2, 0.25) is 0 Å². The van der Waals surface area contributed by atoms with Crippen molar-refractivity contribution < 1.29 is 26.4 Å². The van der Waals surface area contributed by atoms with Crippen LogP contribution < -0.4 is 20.5 Å². The maximum absolute atomic E-state index is 12.2. The molecule has 0 saturated heterocycles. The number of sulfonamides is 2. The normalized spacial score (nSPS) is 11.8. The van der Waals surface area contributed by atoms with Crippen LogP contribution in [0.3, 0.4) is 0 Å². The lowest BCUT2D eigenvalue weighted by Crippen LogP contribution is -2.27. The van der Waals surface area contributed by atoms with Gasteiger partial charge in [0.25, 0.3) is 10.0 Å². The van der Waals surface area contributed by atoms with Crippen LogP contribution in [-0.4, -0.2) is 45.4 Å². The fourth-order valence-corrected chi connectivity index (χ4v) is 4.24. The minimum atomic E-state index is -4.02. The van der Waals surface area contributed by atoms with Gasteiger partial charge in [-0.3, -0.25) is 9.59 Å². The van der Waals surface area contributed by atoms with E-state index < -0.39 is 30.3 Å². The molecule has 1 heterocycles. The van der Waals surface area contributed by atoms with Crippen molar-refractivity contribution in [3.8, 4) is 0 Å². The Morgan fingerprint density at radius 3 is 2.25 bits per heavy atom. The minimum Gasteiger partial charge on any atom is -0.326 e. The standard InChI is InChI=1S/C13H16N6O6S3/c1-8(20)16-9-2-4-10(5-3-9)28(24,25)15-7-6-11(21)17-12-18-19-13(26-12)27(14,22)23/h2-5,15H,6-7H2,1H3,(H,16,20)(H2,14,22,23)(H,17,18,21). The van der Waals surface area contributed by atoms with Crippen molar-refractivity contribution in [2.24, 2.45) is 5.14 Å². The summed E-state index contributed by atoms with van der Waals surface area (Å²) in [4.78, 5) is 22.7. The largest absolute Gasteiger partial charge is 0.326 e. The molecule has 0 atom stereocenters. The molecule has 2 aromatic rings. The number of benzene rings is 1. The van der Waals surface area contributed by atoms with E-state index in [2.05, 4.69) is 25.6 Å². The summed E-state index contributed by atoms with van der Waals surface area (Å²) in [5.74, 6) is -0.882. The molecule has 0 radical (unpaired) electrons. The average Bonchev–Trinajstić information content (AvgIpc) is 3.03. The zero-order valence-corrected chi connectivity index (χ0v) is 16.8. The first kappa shape index (κ1) is 21.8. The van der Waals surface area contributed by atoms with Gasteiger partial charge >= 0.3 is 0 Å². The SMILES string of the molecule is CC(=O)Nc1ccc(S(=O)(=O)NCCC(=O)Nc2nnc(S(N)(=O)=O)s2)cc1. The van der Waals surface area contributed by atoms with Crippen molar-refractivity contribution in [1.29, 1.82) is 0 Å². The van der Waals surface area contributed by atoms with Crippen LogP contribution in [0.1, 0.15) is 13.3 Å². The van der Waals surface area contributed by atoms with E-state index in [9.17, 15) is 26.4 Å². The highest BCUT2D eigenvalue weighted by Crippen LogP contribution is 2.18. The van der Waals surface area contributed by atoms with E-state index in [-0.39, 0.29) is 28.9 Å². The average molecular weight is 449 g/mol. The second-order valence-corrected chi connectivity index (χ2v) is 9.80. The number of primary sulfonamides is 1. The summed E-state index contributed by atoms with van der Waals surface area (Å²) in [6.07, 6.45) is -0.229. The Balaban J connectivity index is 1.88. The highest BCUT2D eigenvalue weighted by atomic mass is 32.2. The molecule has 152 valence electrons. The molecule has 2 amide bonds. The van der Waals surface area contributed by atoms with E-state index in [1.165, 1.54) is 31.2 Å².